The van der Waals surface area contributed by atoms with Crippen molar-refractivity contribution in [1.29, 1.82) is 0 Å². The second-order valence-corrected chi connectivity index (χ2v) is 5.48. The fourth-order valence-electron chi connectivity index (χ4n) is 2.11. The highest BCUT2D eigenvalue weighted by molar-refractivity contribution is 7.71. The van der Waals surface area contributed by atoms with Crippen LogP contribution in [0.3, 0.4) is 0 Å². The van der Waals surface area contributed by atoms with Gasteiger partial charge in [-0.1, -0.05) is 35.9 Å². The zero-order valence-corrected chi connectivity index (χ0v) is 13.8. The number of benzene rings is 2. The molecule has 5 nitrogen and oxygen atoms in total. The van der Waals surface area contributed by atoms with Gasteiger partial charge in [0.25, 0.3) is 0 Å². The van der Waals surface area contributed by atoms with E-state index >= 15 is 0 Å². The number of aromatic nitrogens is 3. The van der Waals surface area contributed by atoms with Crippen LogP contribution in [0.4, 0.5) is 0 Å². The topological polar surface area (TPSA) is 55.2 Å². The van der Waals surface area contributed by atoms with E-state index in [0.717, 1.165) is 16.9 Å². The molecule has 1 heterocycles. The van der Waals surface area contributed by atoms with E-state index in [1.54, 1.807) is 24.1 Å². The van der Waals surface area contributed by atoms with Gasteiger partial charge in [0.2, 0.25) is 4.77 Å². The van der Waals surface area contributed by atoms with Gasteiger partial charge in [-0.2, -0.15) is 14.9 Å². The molecule has 0 spiro atoms. The average Bonchev–Trinajstić information content (AvgIpc) is 2.94. The molecule has 1 aromatic heterocycles. The van der Waals surface area contributed by atoms with Crippen LogP contribution in [-0.4, -0.2) is 28.2 Å². The molecule has 3 rings (SSSR count). The zero-order chi connectivity index (χ0) is 16.2. The van der Waals surface area contributed by atoms with Gasteiger partial charge in [-0.15, -0.1) is 0 Å². The lowest BCUT2D eigenvalue weighted by atomic mass is 10.2. The second-order valence-electron chi connectivity index (χ2n) is 4.66. The minimum absolute atomic E-state index is 0.395. The van der Waals surface area contributed by atoms with Crippen LogP contribution in [0.5, 0.6) is 5.75 Å². The molecule has 3 aromatic rings. The van der Waals surface area contributed by atoms with Gasteiger partial charge in [0.05, 0.1) is 13.3 Å². The average molecular weight is 345 g/mol. The summed E-state index contributed by atoms with van der Waals surface area (Å²) in [5, 5.41) is 12.0. The van der Waals surface area contributed by atoms with Crippen molar-refractivity contribution in [3.63, 3.8) is 0 Å². The normalized spacial score (nSPS) is 11.0. The van der Waals surface area contributed by atoms with Crippen molar-refractivity contribution in [2.75, 3.05) is 7.11 Å². The molecule has 0 unspecified atom stereocenters. The Morgan fingerprint density at radius 1 is 1.26 bits per heavy atom. The summed E-state index contributed by atoms with van der Waals surface area (Å²) in [6.07, 6.45) is 1.68. The van der Waals surface area contributed by atoms with Crippen LogP contribution in [0.15, 0.2) is 53.6 Å². The molecule has 0 saturated carbocycles. The van der Waals surface area contributed by atoms with E-state index in [1.807, 2.05) is 42.5 Å². The first kappa shape index (κ1) is 15.5. The molecular weight excluding hydrogens is 332 g/mol. The molecule has 0 amide bonds. The quantitative estimate of drug-likeness (QED) is 0.571. The number of ether oxygens (including phenoxy) is 1. The summed E-state index contributed by atoms with van der Waals surface area (Å²) in [5.74, 6) is 1.32. The molecule has 0 aliphatic rings. The third-order valence-electron chi connectivity index (χ3n) is 3.18. The van der Waals surface area contributed by atoms with Crippen molar-refractivity contribution in [3.8, 4) is 17.1 Å². The fraction of sp³-hybridized carbons (Fsp3) is 0.0625. The highest BCUT2D eigenvalue weighted by Crippen LogP contribution is 2.21. The molecule has 0 aliphatic carbocycles. The molecule has 0 fully saturated rings. The molecule has 0 atom stereocenters. The predicted molar refractivity (Wildman–Crippen MR) is 93.8 cm³/mol. The Hall–Kier alpha value is -2.44. The third kappa shape index (κ3) is 3.33. The van der Waals surface area contributed by atoms with Crippen molar-refractivity contribution in [3.05, 3.63) is 63.9 Å². The van der Waals surface area contributed by atoms with Crippen LogP contribution in [-0.2, 0) is 0 Å². The van der Waals surface area contributed by atoms with Crippen LogP contribution in [0.25, 0.3) is 11.4 Å². The largest absolute Gasteiger partial charge is 0.496 e. The lowest BCUT2D eigenvalue weighted by molar-refractivity contribution is 0.414. The second kappa shape index (κ2) is 6.76. The van der Waals surface area contributed by atoms with Gasteiger partial charge in [0.15, 0.2) is 5.82 Å². The van der Waals surface area contributed by atoms with Crippen LogP contribution in [0.2, 0.25) is 5.02 Å². The maximum Gasteiger partial charge on any atom is 0.216 e. The Labute approximate surface area is 143 Å². The van der Waals surface area contributed by atoms with Crippen molar-refractivity contribution in [2.45, 2.75) is 0 Å². The number of hydrogen-bond donors (Lipinski definition) is 1. The zero-order valence-electron chi connectivity index (χ0n) is 12.2. The number of aromatic amines is 1. The standard InChI is InChI=1S/C16H13ClN4OS/c1-22-14-8-3-2-5-12(14)10-18-21-15(19-20-16(21)23)11-6-4-7-13(17)9-11/h2-10H,1H3,(H,20,23)/b18-10-. The summed E-state index contributed by atoms with van der Waals surface area (Å²) >= 11 is 11.3. The molecule has 0 aliphatic heterocycles. The van der Waals surface area contributed by atoms with Gasteiger partial charge < -0.3 is 4.74 Å². The maximum absolute atomic E-state index is 6.04. The molecule has 0 bridgehead atoms. The van der Waals surface area contributed by atoms with E-state index in [4.69, 9.17) is 28.6 Å². The van der Waals surface area contributed by atoms with Crippen molar-refractivity contribution in [1.82, 2.24) is 14.9 Å². The molecule has 1 N–H and O–H groups in total. The van der Waals surface area contributed by atoms with Crippen molar-refractivity contribution >= 4 is 30.0 Å². The lowest BCUT2D eigenvalue weighted by Gasteiger charge is -2.04. The summed E-state index contributed by atoms with van der Waals surface area (Å²) in [5.41, 5.74) is 1.66. The van der Waals surface area contributed by atoms with Gasteiger partial charge in [0.1, 0.15) is 5.75 Å². The van der Waals surface area contributed by atoms with Gasteiger partial charge in [0, 0.05) is 16.1 Å². The van der Waals surface area contributed by atoms with E-state index in [1.165, 1.54) is 0 Å². The summed E-state index contributed by atoms with van der Waals surface area (Å²) in [6, 6.07) is 14.9. The lowest BCUT2D eigenvalue weighted by Crippen LogP contribution is -1.96. The number of para-hydroxylation sites is 1. The Kier molecular flexibility index (Phi) is 4.55. The van der Waals surface area contributed by atoms with Crippen molar-refractivity contribution in [2.24, 2.45) is 5.10 Å². The number of methoxy groups -OCH3 is 1. The minimum atomic E-state index is 0.395. The minimum Gasteiger partial charge on any atom is -0.496 e. The summed E-state index contributed by atoms with van der Waals surface area (Å²) in [4.78, 5) is 0. The predicted octanol–water partition coefficient (Wildman–Crippen LogP) is 4.15. The summed E-state index contributed by atoms with van der Waals surface area (Å²) in [7, 11) is 1.62. The van der Waals surface area contributed by atoms with Gasteiger partial charge in [-0.25, -0.2) is 5.10 Å². The fourth-order valence-corrected chi connectivity index (χ4v) is 2.48. The molecule has 0 saturated heterocycles. The van der Waals surface area contributed by atoms with E-state index < -0.39 is 0 Å². The highest BCUT2D eigenvalue weighted by atomic mass is 35.5. The first-order chi connectivity index (χ1) is 11.2. The monoisotopic (exact) mass is 344 g/mol. The third-order valence-corrected chi connectivity index (χ3v) is 3.68. The summed E-state index contributed by atoms with van der Waals surface area (Å²) in [6.45, 7) is 0. The molecule has 0 radical (unpaired) electrons. The van der Waals surface area contributed by atoms with Crippen LogP contribution in [0, 0.1) is 4.77 Å². The summed E-state index contributed by atoms with van der Waals surface area (Å²) < 4.78 is 7.25. The Balaban J connectivity index is 2.03. The Bertz CT molecular complexity index is 916. The molecule has 23 heavy (non-hydrogen) atoms. The van der Waals surface area contributed by atoms with Crippen LogP contribution in [0.1, 0.15) is 5.56 Å². The van der Waals surface area contributed by atoms with Crippen LogP contribution < -0.4 is 4.74 Å². The Morgan fingerprint density at radius 2 is 2.09 bits per heavy atom. The van der Waals surface area contributed by atoms with Gasteiger partial charge >= 0.3 is 0 Å². The SMILES string of the molecule is COc1ccccc1/C=N\n1c(-c2cccc(Cl)c2)n[nH]c1=S. The number of halogens is 1. The van der Waals surface area contributed by atoms with E-state index in [0.29, 0.717) is 15.6 Å². The number of H-pyrrole nitrogens is 1. The maximum atomic E-state index is 6.04. The van der Waals surface area contributed by atoms with Crippen LogP contribution >= 0.6 is 23.8 Å². The first-order valence-electron chi connectivity index (χ1n) is 6.80. The highest BCUT2D eigenvalue weighted by Gasteiger charge is 2.08. The molecular formula is C16H13ClN4OS. The van der Waals surface area contributed by atoms with E-state index in [2.05, 4.69) is 15.3 Å². The van der Waals surface area contributed by atoms with Gasteiger partial charge in [-0.3, -0.25) is 0 Å². The number of hydrogen-bond acceptors (Lipinski definition) is 4. The smallest absolute Gasteiger partial charge is 0.216 e. The van der Waals surface area contributed by atoms with Gasteiger partial charge in [-0.05, 0) is 36.5 Å². The molecule has 7 heteroatoms. The van der Waals surface area contributed by atoms with E-state index in [9.17, 15) is 0 Å². The number of nitrogens with one attached hydrogen (secondary N) is 1. The molecule has 2 aromatic carbocycles. The number of nitrogens with zero attached hydrogens (tertiary/aromatic N) is 3. The van der Waals surface area contributed by atoms with E-state index in [-0.39, 0.29) is 0 Å². The van der Waals surface area contributed by atoms with Crippen molar-refractivity contribution < 1.29 is 4.74 Å². The first-order valence-corrected chi connectivity index (χ1v) is 7.58. The Morgan fingerprint density at radius 3 is 2.87 bits per heavy atom. The molecule has 116 valence electrons. The number of rotatable bonds is 4.